The van der Waals surface area contributed by atoms with Crippen molar-refractivity contribution in [2.45, 2.75) is 65.3 Å². The van der Waals surface area contributed by atoms with Crippen LogP contribution in [0.25, 0.3) is 11.1 Å². The van der Waals surface area contributed by atoms with Crippen molar-refractivity contribution in [3.63, 3.8) is 0 Å². The van der Waals surface area contributed by atoms with E-state index in [4.69, 9.17) is 5.11 Å². The molecule has 3 saturated carbocycles. The number of hydrogen-bond donors (Lipinski definition) is 2. The lowest BCUT2D eigenvalue weighted by Crippen LogP contribution is -2.63. The molecule has 0 saturated heterocycles. The minimum absolute atomic E-state index is 0.0415. The number of carboxylic acid groups (broad SMARTS) is 1. The average molecular weight is 466 g/mol. The second-order valence-electron chi connectivity index (χ2n) is 10.3. The van der Waals surface area contributed by atoms with Crippen molar-refractivity contribution in [1.82, 2.24) is 5.32 Å². The van der Waals surface area contributed by atoms with Gasteiger partial charge in [0, 0.05) is 28.3 Å². The first kappa shape index (κ1) is 23.7. The molecule has 0 spiro atoms. The molecule has 4 atom stereocenters. The van der Waals surface area contributed by atoms with Gasteiger partial charge in [0.2, 0.25) is 0 Å². The van der Waals surface area contributed by atoms with E-state index in [1.165, 1.54) is 11.3 Å². The Balaban J connectivity index is 1.48. The number of fused-ring (bicyclic) bond motifs is 2. The van der Waals surface area contributed by atoms with Gasteiger partial charge in [0.25, 0.3) is 5.91 Å². The molecule has 5 heteroatoms. The number of benzene rings is 1. The number of aryl methyl sites for hydroxylation is 1. The Morgan fingerprint density at radius 1 is 1.18 bits per heavy atom. The quantitative estimate of drug-likeness (QED) is 0.320. The van der Waals surface area contributed by atoms with Gasteiger partial charge in [-0.25, -0.2) is 0 Å². The zero-order chi connectivity index (χ0) is 23.6. The molecule has 0 aliphatic heterocycles. The SMILES string of the molecule is Cc1scc(C(=O)N[C@@H]2[C@@H](C/C=C\CCCC(=O)O)C[C@H]3C[C@@H]2C3(C)C)c1-c1ccccc1. The summed E-state index contributed by atoms with van der Waals surface area (Å²) in [5, 5.41) is 14.3. The maximum Gasteiger partial charge on any atom is 0.303 e. The summed E-state index contributed by atoms with van der Waals surface area (Å²) in [6.45, 7) is 6.79. The average Bonchev–Trinajstić information content (AvgIpc) is 3.18. The van der Waals surface area contributed by atoms with E-state index in [2.05, 4.69) is 50.4 Å². The van der Waals surface area contributed by atoms with E-state index in [0.717, 1.165) is 41.9 Å². The molecule has 1 aromatic carbocycles. The predicted octanol–water partition coefficient (Wildman–Crippen LogP) is 6.71. The van der Waals surface area contributed by atoms with Crippen LogP contribution in [0, 0.1) is 30.1 Å². The Morgan fingerprint density at radius 3 is 2.64 bits per heavy atom. The molecule has 2 N–H and O–H groups in total. The van der Waals surface area contributed by atoms with E-state index in [-0.39, 0.29) is 23.8 Å². The summed E-state index contributed by atoms with van der Waals surface area (Å²) in [5.74, 6) is 0.968. The number of aliphatic carboxylic acids is 1. The van der Waals surface area contributed by atoms with E-state index < -0.39 is 5.97 Å². The lowest BCUT2D eigenvalue weighted by atomic mass is 9.44. The van der Waals surface area contributed by atoms with Crippen molar-refractivity contribution >= 4 is 23.2 Å². The highest BCUT2D eigenvalue weighted by Crippen LogP contribution is 2.61. The van der Waals surface area contributed by atoms with Crippen molar-refractivity contribution in [1.29, 1.82) is 0 Å². The first-order valence-corrected chi connectivity index (χ1v) is 13.0. The predicted molar refractivity (Wildman–Crippen MR) is 134 cm³/mol. The van der Waals surface area contributed by atoms with Crippen LogP contribution in [-0.4, -0.2) is 23.0 Å². The zero-order valence-corrected chi connectivity index (χ0v) is 20.7. The second kappa shape index (κ2) is 9.84. The van der Waals surface area contributed by atoms with E-state index in [1.807, 2.05) is 23.6 Å². The van der Waals surface area contributed by atoms with E-state index in [1.54, 1.807) is 11.3 Å². The molecule has 1 heterocycles. The van der Waals surface area contributed by atoms with Crippen LogP contribution in [0.4, 0.5) is 0 Å². The molecule has 2 aromatic rings. The molecule has 0 unspecified atom stereocenters. The number of nitrogens with one attached hydrogen (secondary N) is 1. The molecule has 3 fully saturated rings. The Hall–Kier alpha value is -2.40. The summed E-state index contributed by atoms with van der Waals surface area (Å²) in [6, 6.07) is 10.4. The van der Waals surface area contributed by atoms with Crippen molar-refractivity contribution < 1.29 is 14.7 Å². The topological polar surface area (TPSA) is 66.4 Å². The first-order chi connectivity index (χ1) is 15.8. The minimum atomic E-state index is -0.737. The number of carbonyl (C=O) groups is 2. The smallest absolute Gasteiger partial charge is 0.303 e. The Labute approximate surface area is 201 Å². The third kappa shape index (κ3) is 4.93. The molecule has 176 valence electrons. The number of allylic oxidation sites excluding steroid dienone is 2. The van der Waals surface area contributed by atoms with Crippen LogP contribution in [-0.2, 0) is 4.79 Å². The highest BCUT2D eigenvalue weighted by molar-refractivity contribution is 7.10. The molecule has 3 aliphatic rings. The van der Waals surface area contributed by atoms with Gasteiger partial charge in [-0.15, -0.1) is 11.3 Å². The van der Waals surface area contributed by atoms with Crippen molar-refractivity contribution in [2.24, 2.45) is 23.2 Å². The van der Waals surface area contributed by atoms with Crippen molar-refractivity contribution in [2.75, 3.05) is 0 Å². The summed E-state index contributed by atoms with van der Waals surface area (Å²) >= 11 is 1.64. The van der Waals surface area contributed by atoms with Crippen LogP contribution in [0.5, 0.6) is 0 Å². The molecule has 2 bridgehead atoms. The van der Waals surface area contributed by atoms with E-state index >= 15 is 0 Å². The molecule has 3 aliphatic carbocycles. The van der Waals surface area contributed by atoms with Crippen LogP contribution in [0.15, 0.2) is 47.9 Å². The van der Waals surface area contributed by atoms with Crippen molar-refractivity contribution in [3.05, 3.63) is 58.3 Å². The maximum absolute atomic E-state index is 13.5. The first-order valence-electron chi connectivity index (χ1n) is 12.1. The summed E-state index contributed by atoms with van der Waals surface area (Å²) in [6.07, 6.45) is 9.28. The van der Waals surface area contributed by atoms with Gasteiger partial charge >= 0.3 is 5.97 Å². The molecule has 1 aromatic heterocycles. The summed E-state index contributed by atoms with van der Waals surface area (Å²) in [5.41, 5.74) is 3.20. The van der Waals surface area contributed by atoms with Crippen molar-refractivity contribution in [3.8, 4) is 11.1 Å². The van der Waals surface area contributed by atoms with Crippen LogP contribution >= 0.6 is 11.3 Å². The van der Waals surface area contributed by atoms with E-state index in [0.29, 0.717) is 18.3 Å². The molecule has 0 radical (unpaired) electrons. The largest absolute Gasteiger partial charge is 0.481 e. The monoisotopic (exact) mass is 465 g/mol. The van der Waals surface area contributed by atoms with Gasteiger partial charge in [0.1, 0.15) is 0 Å². The molecular formula is C28H35NO3S. The minimum Gasteiger partial charge on any atom is -0.481 e. The number of amides is 1. The second-order valence-corrected chi connectivity index (χ2v) is 11.4. The van der Waals surface area contributed by atoms with Gasteiger partial charge < -0.3 is 10.4 Å². The molecule has 1 amide bonds. The lowest BCUT2D eigenvalue weighted by molar-refractivity contribution is -0.137. The summed E-state index contributed by atoms with van der Waals surface area (Å²) in [4.78, 5) is 25.4. The number of thiophene rings is 1. The highest BCUT2D eigenvalue weighted by Gasteiger charge is 2.57. The normalized spacial score (nSPS) is 25.5. The number of carbonyl (C=O) groups excluding carboxylic acids is 1. The number of unbranched alkanes of at least 4 members (excludes halogenated alkanes) is 1. The lowest BCUT2D eigenvalue weighted by Gasteiger charge is -2.62. The van der Waals surface area contributed by atoms with Crippen LogP contribution < -0.4 is 5.32 Å². The van der Waals surface area contributed by atoms with Crippen LogP contribution in [0.2, 0.25) is 0 Å². The zero-order valence-electron chi connectivity index (χ0n) is 19.8. The molecular weight excluding hydrogens is 430 g/mol. The molecule has 5 rings (SSSR count). The molecule has 33 heavy (non-hydrogen) atoms. The van der Waals surface area contributed by atoms with Gasteiger partial charge in [0.05, 0.1) is 5.56 Å². The third-order valence-corrected chi connectivity index (χ3v) is 8.93. The maximum atomic E-state index is 13.5. The fourth-order valence-electron chi connectivity index (χ4n) is 5.94. The Bertz CT molecular complexity index is 1020. The fourth-order valence-corrected chi connectivity index (χ4v) is 6.81. The summed E-state index contributed by atoms with van der Waals surface area (Å²) in [7, 11) is 0. The van der Waals surface area contributed by atoms with Gasteiger partial charge in [-0.1, -0.05) is 56.3 Å². The standard InChI is InChI=1S/C28H35NO3S/c1-18-25(19-11-8-6-9-12-19)22(17-33-18)27(32)29-26-20(13-7-4-5-10-14-24(30)31)15-21-16-23(26)28(21,2)3/h4,6-9,11-12,17,20-21,23,26H,5,10,13-16H2,1-3H3,(H,29,32)(H,30,31)/b7-4-/t20-,21-,23-,26+/m0/s1. The van der Waals surface area contributed by atoms with Crippen LogP contribution in [0.1, 0.15) is 67.6 Å². The van der Waals surface area contributed by atoms with Gasteiger partial charge in [-0.05, 0) is 67.8 Å². The number of carboxylic acids is 1. The third-order valence-electron chi connectivity index (χ3n) is 8.02. The van der Waals surface area contributed by atoms with Gasteiger partial charge in [0.15, 0.2) is 0 Å². The fraction of sp³-hybridized carbons (Fsp3) is 0.500. The summed E-state index contributed by atoms with van der Waals surface area (Å²) < 4.78 is 0. The number of hydrogen-bond acceptors (Lipinski definition) is 3. The Morgan fingerprint density at radius 2 is 1.94 bits per heavy atom. The molecule has 4 nitrogen and oxygen atoms in total. The number of rotatable bonds is 9. The van der Waals surface area contributed by atoms with E-state index in [9.17, 15) is 9.59 Å². The Kier molecular flexibility index (Phi) is 7.08. The van der Waals surface area contributed by atoms with Crippen LogP contribution in [0.3, 0.4) is 0 Å². The highest BCUT2D eigenvalue weighted by atomic mass is 32.1. The van der Waals surface area contributed by atoms with Gasteiger partial charge in [-0.3, -0.25) is 9.59 Å². The van der Waals surface area contributed by atoms with Gasteiger partial charge in [-0.2, -0.15) is 0 Å².